The molecule has 1 aliphatic rings. The minimum absolute atomic E-state index is 0.117. The molecule has 1 fully saturated rings. The molecule has 0 amide bonds. The second-order valence-corrected chi connectivity index (χ2v) is 6.32. The fourth-order valence-electron chi connectivity index (χ4n) is 2.40. The molecular formula is C17H27NO3. The Kier molecular flexibility index (Phi) is 5.25. The van der Waals surface area contributed by atoms with E-state index in [1.165, 1.54) is 5.56 Å². The minimum atomic E-state index is -0.453. The van der Waals surface area contributed by atoms with Gasteiger partial charge in [-0.2, -0.15) is 0 Å². The molecule has 2 unspecified atom stereocenters. The molecular weight excluding hydrogens is 266 g/mol. The maximum absolute atomic E-state index is 5.79. The molecule has 0 aliphatic carbocycles. The first kappa shape index (κ1) is 16.3. The van der Waals surface area contributed by atoms with Crippen LogP contribution in [0.2, 0.25) is 0 Å². The van der Waals surface area contributed by atoms with Crippen molar-refractivity contribution in [2.75, 3.05) is 13.2 Å². The van der Waals surface area contributed by atoms with Gasteiger partial charge in [0.2, 0.25) is 0 Å². The van der Waals surface area contributed by atoms with Gasteiger partial charge in [0.05, 0.1) is 18.8 Å². The van der Waals surface area contributed by atoms with Gasteiger partial charge in [0.15, 0.2) is 5.79 Å². The third-order valence-corrected chi connectivity index (χ3v) is 3.47. The smallest absolute Gasteiger partial charge is 0.163 e. The van der Waals surface area contributed by atoms with Crippen molar-refractivity contribution in [2.45, 2.75) is 58.7 Å². The summed E-state index contributed by atoms with van der Waals surface area (Å²) in [5.41, 5.74) is 1.24. The summed E-state index contributed by atoms with van der Waals surface area (Å²) in [4.78, 5) is 0. The molecule has 2 atom stereocenters. The van der Waals surface area contributed by atoms with Crippen LogP contribution in [0.4, 0.5) is 0 Å². The van der Waals surface area contributed by atoms with Gasteiger partial charge in [-0.1, -0.05) is 12.1 Å². The minimum Gasteiger partial charge on any atom is -0.491 e. The third kappa shape index (κ3) is 4.99. The van der Waals surface area contributed by atoms with Crippen LogP contribution in [0.5, 0.6) is 5.75 Å². The van der Waals surface area contributed by atoms with Crippen molar-refractivity contribution < 1.29 is 14.2 Å². The predicted molar refractivity (Wildman–Crippen MR) is 83.5 cm³/mol. The number of ether oxygens (including phenoxy) is 3. The average Bonchev–Trinajstić information content (AvgIpc) is 2.76. The molecule has 21 heavy (non-hydrogen) atoms. The zero-order valence-corrected chi connectivity index (χ0v) is 13.7. The lowest BCUT2D eigenvalue weighted by Crippen LogP contribution is -2.32. The van der Waals surface area contributed by atoms with Crippen molar-refractivity contribution >= 4 is 0 Å². The van der Waals surface area contributed by atoms with Crippen LogP contribution in [0.15, 0.2) is 24.3 Å². The van der Waals surface area contributed by atoms with Crippen molar-refractivity contribution in [1.29, 1.82) is 0 Å². The predicted octanol–water partition coefficient (Wildman–Crippen LogP) is 3.28. The molecule has 0 bridgehead atoms. The quantitative estimate of drug-likeness (QED) is 0.874. The Hall–Kier alpha value is -1.10. The van der Waals surface area contributed by atoms with E-state index in [9.17, 15) is 0 Å². The maximum Gasteiger partial charge on any atom is 0.163 e. The Bertz CT molecular complexity index is 442. The van der Waals surface area contributed by atoms with Gasteiger partial charge in [0.1, 0.15) is 5.75 Å². The van der Waals surface area contributed by atoms with E-state index in [0.29, 0.717) is 6.61 Å². The molecule has 4 heteroatoms. The Morgan fingerprint density at radius 1 is 1.24 bits per heavy atom. The molecule has 0 spiro atoms. The fourth-order valence-corrected chi connectivity index (χ4v) is 2.40. The Morgan fingerprint density at radius 2 is 1.90 bits per heavy atom. The Morgan fingerprint density at radius 3 is 2.43 bits per heavy atom. The summed E-state index contributed by atoms with van der Waals surface area (Å²) in [5, 5.41) is 3.49. The van der Waals surface area contributed by atoms with E-state index in [1.54, 1.807) is 0 Å². The van der Waals surface area contributed by atoms with Crippen molar-refractivity contribution in [2.24, 2.45) is 0 Å². The molecule has 1 saturated heterocycles. The van der Waals surface area contributed by atoms with Crippen LogP contribution in [0.1, 0.15) is 46.2 Å². The highest BCUT2D eigenvalue weighted by atomic mass is 16.7. The van der Waals surface area contributed by atoms with Gasteiger partial charge >= 0.3 is 0 Å². The molecule has 1 aromatic carbocycles. The summed E-state index contributed by atoms with van der Waals surface area (Å²) in [7, 11) is 0. The summed E-state index contributed by atoms with van der Waals surface area (Å²) < 4.78 is 17.0. The van der Waals surface area contributed by atoms with Crippen LogP contribution in [-0.2, 0) is 9.47 Å². The summed E-state index contributed by atoms with van der Waals surface area (Å²) >= 11 is 0. The van der Waals surface area contributed by atoms with Crippen molar-refractivity contribution in [3.63, 3.8) is 0 Å². The fraction of sp³-hybridized carbons (Fsp3) is 0.647. The van der Waals surface area contributed by atoms with Gasteiger partial charge in [-0.05, 0) is 52.3 Å². The van der Waals surface area contributed by atoms with Gasteiger partial charge < -0.3 is 19.5 Å². The third-order valence-electron chi connectivity index (χ3n) is 3.47. The van der Waals surface area contributed by atoms with Crippen LogP contribution in [0, 0.1) is 0 Å². The van der Waals surface area contributed by atoms with E-state index >= 15 is 0 Å². The van der Waals surface area contributed by atoms with Crippen molar-refractivity contribution in [1.82, 2.24) is 5.32 Å². The Labute approximate surface area is 127 Å². The lowest BCUT2D eigenvalue weighted by Gasteiger charge is -2.20. The highest BCUT2D eigenvalue weighted by molar-refractivity contribution is 5.29. The van der Waals surface area contributed by atoms with Crippen LogP contribution < -0.4 is 10.1 Å². The first-order valence-corrected chi connectivity index (χ1v) is 7.67. The zero-order valence-electron chi connectivity index (χ0n) is 13.7. The second-order valence-electron chi connectivity index (χ2n) is 6.32. The molecule has 0 saturated carbocycles. The van der Waals surface area contributed by atoms with Gasteiger partial charge in [0.25, 0.3) is 0 Å². The van der Waals surface area contributed by atoms with Gasteiger partial charge in [-0.3, -0.25) is 0 Å². The lowest BCUT2D eigenvalue weighted by atomic mass is 10.1. The van der Waals surface area contributed by atoms with E-state index in [4.69, 9.17) is 14.2 Å². The zero-order chi connectivity index (χ0) is 15.5. The normalized spacial score (nSPS) is 22.5. The van der Waals surface area contributed by atoms with E-state index in [0.717, 1.165) is 12.3 Å². The van der Waals surface area contributed by atoms with E-state index in [2.05, 4.69) is 24.4 Å². The van der Waals surface area contributed by atoms with Gasteiger partial charge in [-0.25, -0.2) is 0 Å². The number of hydrogen-bond acceptors (Lipinski definition) is 4. The van der Waals surface area contributed by atoms with Crippen LogP contribution >= 0.6 is 0 Å². The number of nitrogens with one attached hydrogen (secondary N) is 1. The molecule has 1 aliphatic heterocycles. The Balaban J connectivity index is 1.82. The number of hydrogen-bond donors (Lipinski definition) is 1. The largest absolute Gasteiger partial charge is 0.491 e. The summed E-state index contributed by atoms with van der Waals surface area (Å²) in [6, 6.07) is 8.51. The summed E-state index contributed by atoms with van der Waals surface area (Å²) in [6.45, 7) is 11.5. The van der Waals surface area contributed by atoms with Crippen LogP contribution in [-0.4, -0.2) is 31.1 Å². The standard InChI is InChI=1S/C17H27NO3/c1-12(2)20-15-8-6-14(7-9-15)13(3)18-10-16-11-19-17(4,5)21-16/h6-9,12-13,16,18H,10-11H2,1-5H3. The van der Waals surface area contributed by atoms with Crippen molar-refractivity contribution in [3.05, 3.63) is 29.8 Å². The second kappa shape index (κ2) is 6.77. The molecule has 1 heterocycles. The van der Waals surface area contributed by atoms with E-state index in [1.807, 2.05) is 39.8 Å². The average molecular weight is 293 g/mol. The maximum atomic E-state index is 5.79. The van der Waals surface area contributed by atoms with Crippen LogP contribution in [0.25, 0.3) is 0 Å². The van der Waals surface area contributed by atoms with Gasteiger partial charge in [-0.15, -0.1) is 0 Å². The molecule has 2 rings (SSSR count). The van der Waals surface area contributed by atoms with Gasteiger partial charge in [0, 0.05) is 12.6 Å². The van der Waals surface area contributed by atoms with Crippen LogP contribution in [0.3, 0.4) is 0 Å². The molecule has 0 aromatic heterocycles. The van der Waals surface area contributed by atoms with E-state index in [-0.39, 0.29) is 18.2 Å². The molecule has 0 radical (unpaired) electrons. The topological polar surface area (TPSA) is 39.7 Å². The molecule has 4 nitrogen and oxygen atoms in total. The highest BCUT2D eigenvalue weighted by Crippen LogP contribution is 2.23. The monoisotopic (exact) mass is 293 g/mol. The molecule has 1 aromatic rings. The SMILES string of the molecule is CC(C)Oc1ccc(C(C)NCC2COC(C)(C)O2)cc1. The summed E-state index contributed by atoms with van der Waals surface area (Å²) in [5.74, 6) is 0.459. The lowest BCUT2D eigenvalue weighted by molar-refractivity contribution is -0.137. The van der Waals surface area contributed by atoms with Crippen molar-refractivity contribution in [3.8, 4) is 5.75 Å². The first-order chi connectivity index (χ1) is 9.85. The first-order valence-electron chi connectivity index (χ1n) is 7.67. The number of rotatable bonds is 6. The summed E-state index contributed by atoms with van der Waals surface area (Å²) in [6.07, 6.45) is 0.320. The molecule has 1 N–H and O–H groups in total. The highest BCUT2D eigenvalue weighted by Gasteiger charge is 2.32. The molecule has 118 valence electrons. The van der Waals surface area contributed by atoms with E-state index < -0.39 is 5.79 Å². The number of benzene rings is 1.